The number of rotatable bonds is 4. The van der Waals surface area contributed by atoms with Gasteiger partial charge in [-0.2, -0.15) is 0 Å². The Morgan fingerprint density at radius 2 is 2.06 bits per heavy atom. The van der Waals surface area contributed by atoms with Crippen LogP contribution in [0.4, 0.5) is 11.6 Å². The van der Waals surface area contributed by atoms with Crippen molar-refractivity contribution in [3.63, 3.8) is 0 Å². The molecule has 2 rings (SSSR count). The van der Waals surface area contributed by atoms with Crippen LogP contribution in [0, 0.1) is 5.92 Å². The van der Waals surface area contributed by atoms with E-state index in [1.807, 2.05) is 0 Å². The Kier molecular flexibility index (Phi) is 4.54. The number of aliphatic hydroxyl groups is 1. The third kappa shape index (κ3) is 2.99. The first-order valence-electron chi connectivity index (χ1n) is 6.07. The van der Waals surface area contributed by atoms with Crippen molar-refractivity contribution in [2.75, 3.05) is 24.2 Å². The summed E-state index contributed by atoms with van der Waals surface area (Å²) in [6.07, 6.45) is 2.79. The molecule has 0 radical (unpaired) electrons. The molecule has 0 aromatic carbocycles. The molecule has 3 N–H and O–H groups in total. The van der Waals surface area contributed by atoms with Crippen LogP contribution in [0.15, 0.2) is 6.07 Å². The maximum absolute atomic E-state index is 9.75. The van der Waals surface area contributed by atoms with Gasteiger partial charge in [0.05, 0.1) is 16.1 Å². The summed E-state index contributed by atoms with van der Waals surface area (Å²) in [6.45, 7) is 0.679. The predicted octanol–water partition coefficient (Wildman–Crippen LogP) is 3.00. The van der Waals surface area contributed by atoms with E-state index in [4.69, 9.17) is 23.2 Å². The predicted molar refractivity (Wildman–Crippen MR) is 75.6 cm³/mol. The Morgan fingerprint density at radius 3 is 2.67 bits per heavy atom. The molecule has 0 bridgehead atoms. The minimum Gasteiger partial charge on any atom is -0.393 e. The van der Waals surface area contributed by atoms with Crippen molar-refractivity contribution in [2.24, 2.45) is 5.92 Å². The minimum absolute atomic E-state index is 0.215. The van der Waals surface area contributed by atoms with Gasteiger partial charge in [0.1, 0.15) is 11.6 Å². The SMILES string of the molecule is CNc1nc(NCC2CCCC2O)c(Cl)cc1Cl. The average molecular weight is 290 g/mol. The fraction of sp³-hybridized carbons (Fsp3) is 0.583. The molecule has 1 aromatic rings. The molecule has 1 heterocycles. The Balaban J connectivity index is 2.04. The normalized spacial score (nSPS) is 23.1. The molecule has 0 amide bonds. The fourth-order valence-corrected chi connectivity index (χ4v) is 2.77. The van der Waals surface area contributed by atoms with E-state index in [0.29, 0.717) is 28.2 Å². The fourth-order valence-electron chi connectivity index (χ4n) is 2.25. The highest BCUT2D eigenvalue weighted by Crippen LogP contribution is 2.30. The van der Waals surface area contributed by atoms with Gasteiger partial charge in [-0.1, -0.05) is 29.6 Å². The highest BCUT2D eigenvalue weighted by molar-refractivity contribution is 6.37. The first-order chi connectivity index (χ1) is 8.61. The number of aromatic nitrogens is 1. The number of aliphatic hydroxyl groups excluding tert-OH is 1. The maximum Gasteiger partial charge on any atom is 0.147 e. The molecule has 1 aromatic heterocycles. The van der Waals surface area contributed by atoms with Crippen LogP contribution in [0.5, 0.6) is 0 Å². The lowest BCUT2D eigenvalue weighted by Crippen LogP contribution is -2.22. The molecule has 18 heavy (non-hydrogen) atoms. The average Bonchev–Trinajstić information content (AvgIpc) is 2.74. The zero-order valence-corrected chi connectivity index (χ0v) is 11.7. The second kappa shape index (κ2) is 5.95. The molecule has 1 aliphatic carbocycles. The Bertz CT molecular complexity index is 428. The van der Waals surface area contributed by atoms with E-state index in [2.05, 4.69) is 15.6 Å². The van der Waals surface area contributed by atoms with Gasteiger partial charge in [0, 0.05) is 19.5 Å². The van der Waals surface area contributed by atoms with E-state index < -0.39 is 0 Å². The summed E-state index contributed by atoms with van der Waals surface area (Å²) in [5, 5.41) is 16.8. The van der Waals surface area contributed by atoms with Crippen LogP contribution < -0.4 is 10.6 Å². The van der Waals surface area contributed by atoms with Gasteiger partial charge in [-0.05, 0) is 18.9 Å². The summed E-state index contributed by atoms with van der Waals surface area (Å²) in [6, 6.07) is 1.66. The van der Waals surface area contributed by atoms with Gasteiger partial charge in [0.25, 0.3) is 0 Å². The van der Waals surface area contributed by atoms with Crippen LogP contribution in [-0.2, 0) is 0 Å². The van der Waals surface area contributed by atoms with Crippen LogP contribution in [0.1, 0.15) is 19.3 Å². The Morgan fingerprint density at radius 1 is 1.33 bits per heavy atom. The van der Waals surface area contributed by atoms with E-state index in [0.717, 1.165) is 19.3 Å². The summed E-state index contributed by atoms with van der Waals surface area (Å²) < 4.78 is 0. The summed E-state index contributed by atoms with van der Waals surface area (Å²) in [5.41, 5.74) is 0. The summed E-state index contributed by atoms with van der Waals surface area (Å²) >= 11 is 12.1. The van der Waals surface area contributed by atoms with Gasteiger partial charge in [0.15, 0.2) is 0 Å². The zero-order valence-electron chi connectivity index (χ0n) is 10.2. The van der Waals surface area contributed by atoms with Crippen LogP contribution >= 0.6 is 23.2 Å². The second-order valence-corrected chi connectivity index (χ2v) is 5.35. The van der Waals surface area contributed by atoms with Gasteiger partial charge in [-0.25, -0.2) is 4.98 Å². The highest BCUT2D eigenvalue weighted by Gasteiger charge is 2.25. The highest BCUT2D eigenvalue weighted by atomic mass is 35.5. The zero-order chi connectivity index (χ0) is 13.1. The molecule has 2 atom stereocenters. The Hall–Kier alpha value is -0.710. The standard InChI is InChI=1S/C12H17Cl2N3O/c1-15-11-8(13)5-9(14)12(17-11)16-6-7-3-2-4-10(7)18/h5,7,10,18H,2-4,6H2,1H3,(H2,15,16,17). The number of hydrogen-bond acceptors (Lipinski definition) is 4. The minimum atomic E-state index is -0.215. The van der Waals surface area contributed by atoms with Crippen molar-refractivity contribution < 1.29 is 5.11 Å². The lowest BCUT2D eigenvalue weighted by Gasteiger charge is -2.17. The summed E-state index contributed by atoms with van der Waals surface area (Å²) in [5.74, 6) is 1.47. The number of halogens is 2. The molecule has 6 heteroatoms. The van der Waals surface area contributed by atoms with E-state index in [9.17, 15) is 5.11 Å². The molecule has 0 aliphatic heterocycles. The quantitative estimate of drug-likeness (QED) is 0.798. The number of anilines is 2. The van der Waals surface area contributed by atoms with Gasteiger partial charge >= 0.3 is 0 Å². The van der Waals surface area contributed by atoms with Crippen molar-refractivity contribution in [2.45, 2.75) is 25.4 Å². The van der Waals surface area contributed by atoms with E-state index in [1.165, 1.54) is 0 Å². The molecule has 0 saturated heterocycles. The van der Waals surface area contributed by atoms with E-state index >= 15 is 0 Å². The number of nitrogens with one attached hydrogen (secondary N) is 2. The van der Waals surface area contributed by atoms with Gasteiger partial charge < -0.3 is 15.7 Å². The molecule has 1 saturated carbocycles. The topological polar surface area (TPSA) is 57.2 Å². The van der Waals surface area contributed by atoms with Crippen molar-refractivity contribution in [3.8, 4) is 0 Å². The molecule has 1 aliphatic rings. The van der Waals surface area contributed by atoms with Gasteiger partial charge in [-0.3, -0.25) is 0 Å². The summed E-state index contributed by atoms with van der Waals surface area (Å²) in [4.78, 5) is 4.31. The number of hydrogen-bond donors (Lipinski definition) is 3. The molecule has 1 fully saturated rings. The smallest absolute Gasteiger partial charge is 0.147 e. The second-order valence-electron chi connectivity index (χ2n) is 4.54. The van der Waals surface area contributed by atoms with Crippen molar-refractivity contribution in [1.29, 1.82) is 0 Å². The van der Waals surface area contributed by atoms with Gasteiger partial charge in [0.2, 0.25) is 0 Å². The van der Waals surface area contributed by atoms with Crippen molar-refractivity contribution in [3.05, 3.63) is 16.1 Å². The number of pyridine rings is 1. The molecular weight excluding hydrogens is 273 g/mol. The third-order valence-electron chi connectivity index (χ3n) is 3.32. The van der Waals surface area contributed by atoms with Gasteiger partial charge in [-0.15, -0.1) is 0 Å². The molecule has 4 nitrogen and oxygen atoms in total. The van der Waals surface area contributed by atoms with Crippen LogP contribution in [0.3, 0.4) is 0 Å². The van der Waals surface area contributed by atoms with E-state index in [-0.39, 0.29) is 12.0 Å². The molecular formula is C12H17Cl2N3O. The van der Waals surface area contributed by atoms with Crippen LogP contribution in [0.25, 0.3) is 0 Å². The third-order valence-corrected chi connectivity index (χ3v) is 3.89. The lowest BCUT2D eigenvalue weighted by atomic mass is 10.1. The van der Waals surface area contributed by atoms with Crippen LogP contribution in [-0.4, -0.2) is 29.8 Å². The maximum atomic E-state index is 9.75. The monoisotopic (exact) mass is 289 g/mol. The first-order valence-corrected chi connectivity index (χ1v) is 6.83. The van der Waals surface area contributed by atoms with Crippen molar-refractivity contribution in [1.82, 2.24) is 4.98 Å². The molecule has 2 unspecified atom stereocenters. The molecule has 0 spiro atoms. The van der Waals surface area contributed by atoms with Crippen LogP contribution in [0.2, 0.25) is 10.0 Å². The largest absolute Gasteiger partial charge is 0.393 e. The summed E-state index contributed by atoms with van der Waals surface area (Å²) in [7, 11) is 1.76. The Labute approximate surface area is 117 Å². The van der Waals surface area contributed by atoms with Crippen molar-refractivity contribution >= 4 is 34.8 Å². The van der Waals surface area contributed by atoms with E-state index in [1.54, 1.807) is 13.1 Å². The molecule has 100 valence electrons. The lowest BCUT2D eigenvalue weighted by molar-refractivity contribution is 0.138. The first kappa shape index (κ1) is 13.7. The number of nitrogens with zero attached hydrogens (tertiary/aromatic N) is 1.